The standard InChI is InChI=1S/C15H22N2O/c1-10-7-11(2)14(12(3)8-10)16-15(18)13-5-6-17(4)9-13/h7-8,13H,5-6,9H2,1-4H3,(H,16,18). The van der Waals surface area contributed by atoms with Crippen molar-refractivity contribution in [2.24, 2.45) is 5.92 Å². The average molecular weight is 246 g/mol. The fraction of sp³-hybridized carbons (Fsp3) is 0.533. The van der Waals surface area contributed by atoms with Crippen molar-refractivity contribution >= 4 is 11.6 Å². The monoisotopic (exact) mass is 246 g/mol. The molecule has 98 valence electrons. The molecule has 3 nitrogen and oxygen atoms in total. The number of likely N-dealkylation sites (tertiary alicyclic amines) is 1. The van der Waals surface area contributed by atoms with Gasteiger partial charge in [-0.15, -0.1) is 0 Å². The maximum atomic E-state index is 12.2. The largest absolute Gasteiger partial charge is 0.325 e. The first-order valence-corrected chi connectivity index (χ1v) is 6.54. The number of benzene rings is 1. The molecule has 1 N–H and O–H groups in total. The highest BCUT2D eigenvalue weighted by atomic mass is 16.1. The van der Waals surface area contributed by atoms with E-state index in [1.807, 2.05) is 0 Å². The lowest BCUT2D eigenvalue weighted by Gasteiger charge is -2.15. The fourth-order valence-corrected chi connectivity index (χ4v) is 2.75. The third kappa shape index (κ3) is 2.72. The van der Waals surface area contributed by atoms with Crippen LogP contribution in [0.3, 0.4) is 0 Å². The molecule has 18 heavy (non-hydrogen) atoms. The van der Waals surface area contributed by atoms with E-state index in [4.69, 9.17) is 0 Å². The Hall–Kier alpha value is -1.35. The lowest BCUT2D eigenvalue weighted by Crippen LogP contribution is -2.26. The number of hydrogen-bond acceptors (Lipinski definition) is 2. The van der Waals surface area contributed by atoms with Crippen molar-refractivity contribution in [3.63, 3.8) is 0 Å². The van der Waals surface area contributed by atoms with Gasteiger partial charge in [-0.3, -0.25) is 4.79 Å². The van der Waals surface area contributed by atoms with Crippen LogP contribution in [0, 0.1) is 26.7 Å². The number of carbonyl (C=O) groups excluding carboxylic acids is 1. The number of hydrogen-bond donors (Lipinski definition) is 1. The number of nitrogens with one attached hydrogen (secondary N) is 1. The minimum Gasteiger partial charge on any atom is -0.325 e. The number of nitrogens with zero attached hydrogens (tertiary/aromatic N) is 1. The Kier molecular flexibility index (Phi) is 3.71. The van der Waals surface area contributed by atoms with Crippen molar-refractivity contribution in [3.8, 4) is 0 Å². The second kappa shape index (κ2) is 5.11. The van der Waals surface area contributed by atoms with Crippen molar-refractivity contribution in [2.75, 3.05) is 25.5 Å². The van der Waals surface area contributed by atoms with E-state index in [1.54, 1.807) is 0 Å². The molecule has 0 saturated carbocycles. The molecule has 1 saturated heterocycles. The first kappa shape index (κ1) is 13.1. The van der Waals surface area contributed by atoms with Crippen LogP contribution in [0.15, 0.2) is 12.1 Å². The van der Waals surface area contributed by atoms with E-state index in [9.17, 15) is 4.79 Å². The maximum absolute atomic E-state index is 12.2. The van der Waals surface area contributed by atoms with Gasteiger partial charge in [0.2, 0.25) is 5.91 Å². The summed E-state index contributed by atoms with van der Waals surface area (Å²) in [6, 6.07) is 4.23. The molecule has 0 radical (unpaired) electrons. The Labute approximate surface area is 109 Å². The van der Waals surface area contributed by atoms with E-state index >= 15 is 0 Å². The number of anilines is 1. The highest BCUT2D eigenvalue weighted by Crippen LogP contribution is 2.24. The summed E-state index contributed by atoms with van der Waals surface area (Å²) in [5, 5.41) is 3.10. The summed E-state index contributed by atoms with van der Waals surface area (Å²) < 4.78 is 0. The number of amides is 1. The Morgan fingerprint density at radius 2 is 1.89 bits per heavy atom. The third-order valence-corrected chi connectivity index (χ3v) is 3.69. The molecule has 1 heterocycles. The molecule has 1 aliphatic rings. The highest BCUT2D eigenvalue weighted by molar-refractivity contribution is 5.94. The Bertz CT molecular complexity index is 445. The average Bonchev–Trinajstić information content (AvgIpc) is 2.70. The minimum absolute atomic E-state index is 0.134. The maximum Gasteiger partial charge on any atom is 0.228 e. The van der Waals surface area contributed by atoms with Gasteiger partial charge in [0.25, 0.3) is 0 Å². The molecule has 1 aromatic carbocycles. The lowest BCUT2D eigenvalue weighted by molar-refractivity contribution is -0.119. The van der Waals surface area contributed by atoms with Crippen LogP contribution in [0.1, 0.15) is 23.1 Å². The summed E-state index contributed by atoms with van der Waals surface area (Å²) in [4.78, 5) is 14.4. The number of rotatable bonds is 2. The predicted molar refractivity (Wildman–Crippen MR) is 74.9 cm³/mol. The zero-order chi connectivity index (χ0) is 13.3. The van der Waals surface area contributed by atoms with Crippen molar-refractivity contribution in [2.45, 2.75) is 27.2 Å². The molecule has 1 atom stereocenters. The molecule has 2 rings (SSSR count). The molecule has 0 aromatic heterocycles. The Morgan fingerprint density at radius 3 is 2.39 bits per heavy atom. The lowest BCUT2D eigenvalue weighted by atomic mass is 10.0. The summed E-state index contributed by atoms with van der Waals surface area (Å²) in [6.45, 7) is 8.07. The fourth-order valence-electron chi connectivity index (χ4n) is 2.75. The van der Waals surface area contributed by atoms with Crippen LogP contribution in [0.25, 0.3) is 0 Å². The van der Waals surface area contributed by atoms with E-state index < -0.39 is 0 Å². The summed E-state index contributed by atoms with van der Waals surface area (Å²) in [6.07, 6.45) is 0.965. The summed E-state index contributed by atoms with van der Waals surface area (Å²) >= 11 is 0. The van der Waals surface area contributed by atoms with Crippen LogP contribution in [-0.2, 0) is 4.79 Å². The van der Waals surface area contributed by atoms with Gasteiger partial charge in [-0.25, -0.2) is 0 Å². The zero-order valence-electron chi connectivity index (χ0n) is 11.7. The third-order valence-electron chi connectivity index (χ3n) is 3.69. The van der Waals surface area contributed by atoms with Gasteiger partial charge in [-0.2, -0.15) is 0 Å². The van der Waals surface area contributed by atoms with Crippen LogP contribution in [-0.4, -0.2) is 30.9 Å². The van der Waals surface area contributed by atoms with Gasteiger partial charge in [0, 0.05) is 12.2 Å². The summed E-state index contributed by atoms with van der Waals surface area (Å²) in [7, 11) is 2.07. The van der Waals surface area contributed by atoms with Crippen LogP contribution < -0.4 is 5.32 Å². The van der Waals surface area contributed by atoms with Crippen molar-refractivity contribution in [1.82, 2.24) is 4.90 Å². The smallest absolute Gasteiger partial charge is 0.228 e. The molecule has 3 heteroatoms. The van der Waals surface area contributed by atoms with E-state index in [0.717, 1.165) is 36.3 Å². The van der Waals surface area contributed by atoms with Gasteiger partial charge in [0.05, 0.1) is 5.92 Å². The van der Waals surface area contributed by atoms with E-state index in [-0.39, 0.29) is 11.8 Å². The van der Waals surface area contributed by atoms with Gasteiger partial charge in [-0.1, -0.05) is 17.7 Å². The van der Waals surface area contributed by atoms with Crippen LogP contribution in [0.2, 0.25) is 0 Å². The van der Waals surface area contributed by atoms with E-state index in [0.29, 0.717) is 0 Å². The van der Waals surface area contributed by atoms with E-state index in [2.05, 4.69) is 50.2 Å². The molecular weight excluding hydrogens is 224 g/mol. The second-order valence-electron chi connectivity index (χ2n) is 5.51. The molecule has 1 aliphatic heterocycles. The van der Waals surface area contributed by atoms with E-state index in [1.165, 1.54) is 5.56 Å². The van der Waals surface area contributed by atoms with Crippen LogP contribution in [0.4, 0.5) is 5.69 Å². The van der Waals surface area contributed by atoms with Crippen LogP contribution in [0.5, 0.6) is 0 Å². The van der Waals surface area contributed by atoms with Gasteiger partial charge in [0.1, 0.15) is 0 Å². The van der Waals surface area contributed by atoms with Gasteiger partial charge < -0.3 is 10.2 Å². The minimum atomic E-state index is 0.134. The quantitative estimate of drug-likeness (QED) is 0.869. The predicted octanol–water partition coefficient (Wildman–Crippen LogP) is 2.50. The molecule has 1 aromatic rings. The van der Waals surface area contributed by atoms with Gasteiger partial charge in [0.15, 0.2) is 0 Å². The topological polar surface area (TPSA) is 32.3 Å². The van der Waals surface area contributed by atoms with Gasteiger partial charge >= 0.3 is 0 Å². The normalized spacial score (nSPS) is 20.1. The molecular formula is C15H22N2O. The number of aryl methyl sites for hydroxylation is 3. The first-order valence-electron chi connectivity index (χ1n) is 6.54. The van der Waals surface area contributed by atoms with Gasteiger partial charge in [-0.05, 0) is 51.9 Å². The molecule has 0 spiro atoms. The van der Waals surface area contributed by atoms with Crippen molar-refractivity contribution < 1.29 is 4.79 Å². The molecule has 1 amide bonds. The highest BCUT2D eigenvalue weighted by Gasteiger charge is 2.26. The van der Waals surface area contributed by atoms with Crippen molar-refractivity contribution in [1.29, 1.82) is 0 Å². The molecule has 0 aliphatic carbocycles. The SMILES string of the molecule is Cc1cc(C)c(NC(=O)C2CCN(C)C2)c(C)c1. The molecule has 0 bridgehead atoms. The summed E-state index contributed by atoms with van der Waals surface area (Å²) in [5.74, 6) is 0.296. The number of carbonyl (C=O) groups is 1. The molecule has 1 unspecified atom stereocenters. The Balaban J connectivity index is 2.12. The summed E-state index contributed by atoms with van der Waals surface area (Å²) in [5.41, 5.74) is 4.52. The van der Waals surface area contributed by atoms with Crippen molar-refractivity contribution in [3.05, 3.63) is 28.8 Å². The molecule has 1 fully saturated rings. The zero-order valence-corrected chi connectivity index (χ0v) is 11.7. The Morgan fingerprint density at radius 1 is 1.28 bits per heavy atom. The van der Waals surface area contributed by atoms with Crippen LogP contribution >= 0.6 is 0 Å². The second-order valence-corrected chi connectivity index (χ2v) is 5.51. The first-order chi connectivity index (χ1) is 8.47.